The fourth-order valence-corrected chi connectivity index (χ4v) is 1.77. The zero-order valence-electron chi connectivity index (χ0n) is 8.38. The summed E-state index contributed by atoms with van der Waals surface area (Å²) in [5.74, 6) is 0.0992. The van der Waals surface area contributed by atoms with Gasteiger partial charge in [0.25, 0.3) is 0 Å². The van der Waals surface area contributed by atoms with Crippen LogP contribution in [-0.2, 0) is 9.59 Å². The topological polar surface area (TPSA) is 37.4 Å². The normalized spacial score (nSPS) is 20.6. The fraction of sp³-hybridized carbons (Fsp3) is 0.800. The van der Waals surface area contributed by atoms with Crippen molar-refractivity contribution in [1.82, 2.24) is 4.90 Å². The highest BCUT2D eigenvalue weighted by Crippen LogP contribution is 2.14. The van der Waals surface area contributed by atoms with E-state index in [1.807, 2.05) is 4.90 Å². The molecule has 1 unspecified atom stereocenters. The Morgan fingerprint density at radius 3 is 2.69 bits per heavy atom. The van der Waals surface area contributed by atoms with Gasteiger partial charge in [-0.15, -0.1) is 0 Å². The van der Waals surface area contributed by atoms with Crippen molar-refractivity contribution >= 4 is 11.7 Å². The first kappa shape index (κ1) is 10.2. The number of Topliss-reactive ketones (excluding diaryl/α,β-unsaturated/α-hetero) is 1. The molecule has 13 heavy (non-hydrogen) atoms. The maximum atomic E-state index is 11.4. The average molecular weight is 183 g/mol. The molecule has 0 saturated carbocycles. The van der Waals surface area contributed by atoms with E-state index in [1.165, 1.54) is 0 Å². The summed E-state index contributed by atoms with van der Waals surface area (Å²) in [6.45, 7) is 4.78. The molecule has 0 radical (unpaired) electrons. The van der Waals surface area contributed by atoms with E-state index in [2.05, 4.69) is 13.8 Å². The Bertz CT molecular complexity index is 213. The molecule has 0 N–H and O–H groups in total. The van der Waals surface area contributed by atoms with E-state index in [0.29, 0.717) is 19.0 Å². The summed E-state index contributed by atoms with van der Waals surface area (Å²) in [6.07, 6.45) is 2.77. The number of amides is 1. The smallest absolute Gasteiger partial charge is 0.230 e. The van der Waals surface area contributed by atoms with E-state index < -0.39 is 0 Å². The molecule has 1 heterocycles. The van der Waals surface area contributed by atoms with Crippen molar-refractivity contribution in [3.63, 3.8) is 0 Å². The Hall–Kier alpha value is -0.860. The molecule has 0 aliphatic carbocycles. The molecule has 0 spiro atoms. The second kappa shape index (κ2) is 4.40. The fourth-order valence-electron chi connectivity index (χ4n) is 1.77. The summed E-state index contributed by atoms with van der Waals surface area (Å²) in [6, 6.07) is 0.297. The second-order valence-corrected chi connectivity index (χ2v) is 3.69. The quantitative estimate of drug-likeness (QED) is 0.620. The zero-order chi connectivity index (χ0) is 9.84. The molecule has 3 heteroatoms. The largest absolute Gasteiger partial charge is 0.339 e. The monoisotopic (exact) mass is 183 g/mol. The highest BCUT2D eigenvalue weighted by atomic mass is 16.2. The molecular weight excluding hydrogens is 166 g/mol. The van der Waals surface area contributed by atoms with Gasteiger partial charge in [0, 0.05) is 19.0 Å². The van der Waals surface area contributed by atoms with Crippen LogP contribution in [0.15, 0.2) is 0 Å². The van der Waals surface area contributed by atoms with Gasteiger partial charge in [0.2, 0.25) is 5.91 Å². The summed E-state index contributed by atoms with van der Waals surface area (Å²) in [7, 11) is 0. The maximum absolute atomic E-state index is 11.4. The van der Waals surface area contributed by atoms with Crippen LogP contribution in [0.25, 0.3) is 0 Å². The first-order valence-corrected chi connectivity index (χ1v) is 4.96. The second-order valence-electron chi connectivity index (χ2n) is 3.69. The summed E-state index contributed by atoms with van der Waals surface area (Å²) in [4.78, 5) is 24.2. The van der Waals surface area contributed by atoms with Gasteiger partial charge in [-0.05, 0) is 13.3 Å². The molecule has 1 atom stereocenters. The predicted octanol–water partition coefficient (Wildman–Crippen LogP) is 1.37. The van der Waals surface area contributed by atoms with E-state index in [-0.39, 0.29) is 18.1 Å². The summed E-state index contributed by atoms with van der Waals surface area (Å²) >= 11 is 0. The van der Waals surface area contributed by atoms with E-state index in [4.69, 9.17) is 0 Å². The van der Waals surface area contributed by atoms with Gasteiger partial charge in [-0.25, -0.2) is 0 Å². The van der Waals surface area contributed by atoms with Gasteiger partial charge in [-0.3, -0.25) is 9.59 Å². The molecular formula is C10H17NO2. The van der Waals surface area contributed by atoms with Gasteiger partial charge in [-0.1, -0.05) is 13.3 Å². The molecule has 1 saturated heterocycles. The highest BCUT2D eigenvalue weighted by molar-refractivity contribution is 6.00. The van der Waals surface area contributed by atoms with Gasteiger partial charge >= 0.3 is 0 Å². The van der Waals surface area contributed by atoms with Crippen molar-refractivity contribution in [2.75, 3.05) is 6.54 Å². The van der Waals surface area contributed by atoms with Crippen molar-refractivity contribution in [1.29, 1.82) is 0 Å². The van der Waals surface area contributed by atoms with Gasteiger partial charge in [0.05, 0.1) is 6.42 Å². The number of carbonyl (C=O) groups is 2. The SMILES string of the molecule is CCCC(C)N1CCC(=O)CC1=O. The van der Waals surface area contributed by atoms with Gasteiger partial charge in [0.15, 0.2) is 0 Å². The van der Waals surface area contributed by atoms with Crippen molar-refractivity contribution in [3.8, 4) is 0 Å². The highest BCUT2D eigenvalue weighted by Gasteiger charge is 2.26. The molecule has 1 rings (SSSR count). The van der Waals surface area contributed by atoms with E-state index in [9.17, 15) is 9.59 Å². The average Bonchev–Trinajstić information content (AvgIpc) is 2.04. The number of likely N-dealkylation sites (tertiary alicyclic amines) is 1. The Kier molecular flexibility index (Phi) is 3.46. The molecule has 0 aromatic heterocycles. The maximum Gasteiger partial charge on any atom is 0.230 e. The Balaban J connectivity index is 2.50. The first-order chi connectivity index (χ1) is 6.15. The third-order valence-corrected chi connectivity index (χ3v) is 2.54. The minimum atomic E-state index is 0.0113. The van der Waals surface area contributed by atoms with E-state index in [0.717, 1.165) is 12.8 Å². The van der Waals surface area contributed by atoms with Crippen LogP contribution in [-0.4, -0.2) is 29.2 Å². The molecule has 3 nitrogen and oxygen atoms in total. The summed E-state index contributed by atoms with van der Waals surface area (Å²) in [5.41, 5.74) is 0. The lowest BCUT2D eigenvalue weighted by atomic mass is 10.0. The number of rotatable bonds is 3. The summed E-state index contributed by atoms with van der Waals surface area (Å²) < 4.78 is 0. The minimum absolute atomic E-state index is 0.0113. The van der Waals surface area contributed by atoms with Crippen LogP contribution >= 0.6 is 0 Å². The van der Waals surface area contributed by atoms with Crippen molar-refractivity contribution < 1.29 is 9.59 Å². The molecule has 1 aliphatic heterocycles. The van der Waals surface area contributed by atoms with Crippen molar-refractivity contribution in [2.45, 2.75) is 45.6 Å². The van der Waals surface area contributed by atoms with Crippen LogP contribution in [0.4, 0.5) is 0 Å². The number of ketones is 1. The first-order valence-electron chi connectivity index (χ1n) is 4.96. The Labute approximate surface area is 79.1 Å². The Morgan fingerprint density at radius 1 is 1.46 bits per heavy atom. The number of hydrogen-bond acceptors (Lipinski definition) is 2. The lowest BCUT2D eigenvalue weighted by Crippen LogP contribution is -2.44. The Morgan fingerprint density at radius 2 is 2.15 bits per heavy atom. The molecule has 74 valence electrons. The number of hydrogen-bond donors (Lipinski definition) is 0. The van der Waals surface area contributed by atoms with Crippen LogP contribution in [0.2, 0.25) is 0 Å². The summed E-state index contributed by atoms with van der Waals surface area (Å²) in [5, 5.41) is 0. The molecule has 0 aromatic carbocycles. The number of piperidine rings is 1. The molecule has 1 fully saturated rings. The van der Waals surface area contributed by atoms with Gasteiger partial charge < -0.3 is 4.90 Å². The van der Waals surface area contributed by atoms with Crippen LogP contribution in [0.5, 0.6) is 0 Å². The third-order valence-electron chi connectivity index (χ3n) is 2.54. The van der Waals surface area contributed by atoms with Gasteiger partial charge in [-0.2, -0.15) is 0 Å². The van der Waals surface area contributed by atoms with Gasteiger partial charge in [0.1, 0.15) is 5.78 Å². The van der Waals surface area contributed by atoms with E-state index >= 15 is 0 Å². The minimum Gasteiger partial charge on any atom is -0.339 e. The molecule has 1 aliphatic rings. The zero-order valence-corrected chi connectivity index (χ0v) is 8.38. The van der Waals surface area contributed by atoms with Crippen LogP contribution in [0.3, 0.4) is 0 Å². The van der Waals surface area contributed by atoms with Crippen LogP contribution in [0, 0.1) is 0 Å². The molecule has 0 bridgehead atoms. The number of carbonyl (C=O) groups excluding carboxylic acids is 2. The third kappa shape index (κ3) is 2.54. The molecule has 1 amide bonds. The van der Waals surface area contributed by atoms with Crippen LogP contribution in [0.1, 0.15) is 39.5 Å². The lowest BCUT2D eigenvalue weighted by Gasteiger charge is -2.31. The lowest BCUT2D eigenvalue weighted by molar-refractivity contribution is -0.141. The molecule has 0 aromatic rings. The standard InChI is InChI=1S/C10H17NO2/c1-3-4-8(2)11-6-5-9(12)7-10(11)13/h8H,3-7H2,1-2H3. The van der Waals surface area contributed by atoms with Crippen molar-refractivity contribution in [2.24, 2.45) is 0 Å². The van der Waals surface area contributed by atoms with Crippen LogP contribution < -0.4 is 0 Å². The predicted molar refractivity (Wildman–Crippen MR) is 50.3 cm³/mol. The van der Waals surface area contributed by atoms with E-state index in [1.54, 1.807) is 0 Å². The van der Waals surface area contributed by atoms with Crippen molar-refractivity contribution in [3.05, 3.63) is 0 Å². The number of nitrogens with zero attached hydrogens (tertiary/aromatic N) is 1.